The van der Waals surface area contributed by atoms with Gasteiger partial charge in [-0.15, -0.1) is 0 Å². The smallest absolute Gasteiger partial charge is 0.294 e. The summed E-state index contributed by atoms with van der Waals surface area (Å²) in [5.41, 5.74) is 2.47. The van der Waals surface area contributed by atoms with Gasteiger partial charge < -0.3 is 9.47 Å². The van der Waals surface area contributed by atoms with Crippen molar-refractivity contribution >= 4 is 11.6 Å². The molecule has 27 heavy (non-hydrogen) atoms. The number of carbonyl (C=O) groups excluding carboxylic acids is 1. The number of allylic oxidation sites excluding steroid dienone is 1. The molecule has 0 spiro atoms. The molecular formula is C22H20N4O. The second kappa shape index (κ2) is 8.63. The van der Waals surface area contributed by atoms with Crippen molar-refractivity contribution in [2.75, 3.05) is 6.54 Å². The lowest BCUT2D eigenvalue weighted by Gasteiger charge is -2.24. The molecule has 134 valence electrons. The number of hydrogen-bond donors (Lipinski definition) is 0. The van der Waals surface area contributed by atoms with Crippen LogP contribution in [0.3, 0.4) is 0 Å². The molecule has 1 aromatic heterocycles. The first-order valence-electron chi connectivity index (χ1n) is 8.76. The average molecular weight is 356 g/mol. The maximum atomic E-state index is 13.2. The lowest BCUT2D eigenvalue weighted by Crippen LogP contribution is -2.31. The van der Waals surface area contributed by atoms with Gasteiger partial charge >= 0.3 is 0 Å². The summed E-state index contributed by atoms with van der Waals surface area (Å²) < 4.78 is 1.83. The largest absolute Gasteiger partial charge is 0.322 e. The number of carbonyl (C=O) groups is 1. The molecule has 3 aromatic rings. The van der Waals surface area contributed by atoms with Crippen LogP contribution >= 0.6 is 0 Å². The van der Waals surface area contributed by atoms with Gasteiger partial charge in [-0.3, -0.25) is 4.79 Å². The minimum atomic E-state index is -0.233. The average Bonchev–Trinajstić information content (AvgIpc) is 3.17. The fraction of sp³-hybridized carbons (Fsp3) is 0.136. The van der Waals surface area contributed by atoms with Gasteiger partial charge in [-0.25, -0.2) is 4.98 Å². The van der Waals surface area contributed by atoms with E-state index in [4.69, 9.17) is 0 Å². The van der Waals surface area contributed by atoms with Crippen LogP contribution in [0.4, 0.5) is 0 Å². The number of hydrogen-bond acceptors (Lipinski definition) is 3. The summed E-state index contributed by atoms with van der Waals surface area (Å²) in [6.45, 7) is 2.87. The minimum Gasteiger partial charge on any atom is -0.322 e. The van der Waals surface area contributed by atoms with E-state index in [0.29, 0.717) is 24.6 Å². The predicted octanol–water partition coefficient (Wildman–Crippen LogP) is 3.96. The lowest BCUT2D eigenvalue weighted by atomic mass is 10.1. The van der Waals surface area contributed by atoms with E-state index >= 15 is 0 Å². The second-order valence-electron chi connectivity index (χ2n) is 5.94. The van der Waals surface area contributed by atoms with Crippen molar-refractivity contribution in [3.63, 3.8) is 0 Å². The van der Waals surface area contributed by atoms with Crippen LogP contribution in [0.15, 0.2) is 79.1 Å². The molecule has 0 radical (unpaired) electrons. The van der Waals surface area contributed by atoms with Gasteiger partial charge in [0.25, 0.3) is 5.91 Å². The predicted molar refractivity (Wildman–Crippen MR) is 105 cm³/mol. The van der Waals surface area contributed by atoms with Crippen molar-refractivity contribution in [3.05, 3.63) is 96.1 Å². The summed E-state index contributed by atoms with van der Waals surface area (Å²) in [6, 6.07) is 21.4. The van der Waals surface area contributed by atoms with Crippen LogP contribution in [0.5, 0.6) is 0 Å². The van der Waals surface area contributed by atoms with Crippen LogP contribution in [0.25, 0.3) is 5.70 Å². The molecule has 5 heteroatoms. The summed E-state index contributed by atoms with van der Waals surface area (Å²) in [5, 5.41) is 9.22. The molecule has 0 bridgehead atoms. The number of imidazole rings is 1. The topological polar surface area (TPSA) is 61.9 Å². The summed E-state index contributed by atoms with van der Waals surface area (Å²) >= 11 is 0. The summed E-state index contributed by atoms with van der Waals surface area (Å²) in [7, 11) is 0. The van der Waals surface area contributed by atoms with Gasteiger partial charge in [-0.2, -0.15) is 5.26 Å². The van der Waals surface area contributed by atoms with Gasteiger partial charge in [0.15, 0.2) is 5.82 Å². The highest BCUT2D eigenvalue weighted by atomic mass is 16.2. The molecule has 0 aliphatic rings. The third-order valence-corrected chi connectivity index (χ3v) is 4.23. The molecule has 2 aromatic carbocycles. The first kappa shape index (κ1) is 18.2. The van der Waals surface area contributed by atoms with Crippen molar-refractivity contribution in [3.8, 4) is 6.07 Å². The molecule has 0 unspecified atom stereocenters. The Morgan fingerprint density at radius 1 is 1.15 bits per heavy atom. The van der Waals surface area contributed by atoms with Gasteiger partial charge in [0.05, 0.1) is 11.8 Å². The molecule has 1 amide bonds. The maximum Gasteiger partial charge on any atom is 0.294 e. The third-order valence-electron chi connectivity index (χ3n) is 4.23. The van der Waals surface area contributed by atoms with Crippen molar-refractivity contribution in [2.24, 2.45) is 0 Å². The normalized spacial score (nSPS) is 11.0. The standard InChI is InChI=1S/C22H20N4O/c1-2-26(20(13-14-23)19-11-7-4-8-12-19)22(27)21-24-15-16-25(21)17-18-9-5-3-6-10-18/h3-13,15-16H,2,17H2,1H3/b20-13-. The van der Waals surface area contributed by atoms with E-state index in [0.717, 1.165) is 11.1 Å². The Morgan fingerprint density at radius 3 is 2.44 bits per heavy atom. The van der Waals surface area contributed by atoms with E-state index in [9.17, 15) is 10.1 Å². The summed E-state index contributed by atoms with van der Waals surface area (Å²) in [5.74, 6) is 0.115. The summed E-state index contributed by atoms with van der Waals surface area (Å²) in [4.78, 5) is 19.1. The highest BCUT2D eigenvalue weighted by Crippen LogP contribution is 2.21. The van der Waals surface area contributed by atoms with Gasteiger partial charge in [-0.05, 0) is 18.1 Å². The third kappa shape index (κ3) is 4.13. The Hall–Kier alpha value is -3.65. The zero-order valence-corrected chi connectivity index (χ0v) is 15.1. The van der Waals surface area contributed by atoms with Gasteiger partial charge in [0.2, 0.25) is 0 Å². The van der Waals surface area contributed by atoms with Crippen LogP contribution in [0.1, 0.15) is 28.7 Å². The van der Waals surface area contributed by atoms with Crippen LogP contribution in [0, 0.1) is 11.3 Å². The molecule has 5 nitrogen and oxygen atoms in total. The molecule has 3 rings (SSSR count). The Bertz CT molecular complexity index is 968. The zero-order chi connectivity index (χ0) is 19.1. The molecule has 0 N–H and O–H groups in total. The van der Waals surface area contributed by atoms with E-state index in [2.05, 4.69) is 11.1 Å². The van der Waals surface area contributed by atoms with E-state index < -0.39 is 0 Å². The van der Waals surface area contributed by atoms with Crippen molar-refractivity contribution in [2.45, 2.75) is 13.5 Å². The molecule has 0 saturated carbocycles. The molecule has 0 atom stereocenters. The minimum absolute atomic E-state index is 0.233. The molecular weight excluding hydrogens is 336 g/mol. The maximum absolute atomic E-state index is 13.2. The van der Waals surface area contributed by atoms with Crippen LogP contribution in [-0.4, -0.2) is 26.9 Å². The highest BCUT2D eigenvalue weighted by Gasteiger charge is 2.23. The molecule has 0 aliphatic heterocycles. The van der Waals surface area contributed by atoms with E-state index in [1.54, 1.807) is 17.3 Å². The number of amides is 1. The lowest BCUT2D eigenvalue weighted by molar-refractivity contribution is 0.0825. The first-order chi connectivity index (χ1) is 13.2. The van der Waals surface area contributed by atoms with Crippen molar-refractivity contribution in [1.82, 2.24) is 14.5 Å². The van der Waals surface area contributed by atoms with Gasteiger partial charge in [-0.1, -0.05) is 60.7 Å². The van der Waals surface area contributed by atoms with Crippen LogP contribution < -0.4 is 0 Å². The zero-order valence-electron chi connectivity index (χ0n) is 15.1. The number of benzene rings is 2. The Balaban J connectivity index is 1.93. The van der Waals surface area contributed by atoms with Gasteiger partial charge in [0.1, 0.15) is 0 Å². The number of rotatable bonds is 6. The Kier molecular flexibility index (Phi) is 5.80. The Morgan fingerprint density at radius 2 is 1.81 bits per heavy atom. The van der Waals surface area contributed by atoms with Crippen molar-refractivity contribution < 1.29 is 4.79 Å². The quantitative estimate of drug-likeness (QED) is 0.628. The SMILES string of the molecule is CCN(C(=O)c1nccn1Cc1ccccc1)/C(=C\C#N)c1ccccc1. The first-order valence-corrected chi connectivity index (χ1v) is 8.76. The highest BCUT2D eigenvalue weighted by molar-refractivity contribution is 5.97. The monoisotopic (exact) mass is 356 g/mol. The van der Waals surface area contributed by atoms with Crippen LogP contribution in [0.2, 0.25) is 0 Å². The van der Waals surface area contributed by atoms with Gasteiger partial charge in [0, 0.05) is 31.6 Å². The van der Waals surface area contributed by atoms with E-state index in [1.807, 2.05) is 72.2 Å². The fourth-order valence-electron chi connectivity index (χ4n) is 2.95. The van der Waals surface area contributed by atoms with E-state index in [1.165, 1.54) is 6.08 Å². The second-order valence-corrected chi connectivity index (χ2v) is 5.94. The number of nitrogens with zero attached hydrogens (tertiary/aromatic N) is 4. The summed E-state index contributed by atoms with van der Waals surface area (Å²) in [6.07, 6.45) is 4.83. The molecule has 0 fully saturated rings. The molecule has 0 saturated heterocycles. The molecule has 0 aliphatic carbocycles. The van der Waals surface area contributed by atoms with Crippen LogP contribution in [-0.2, 0) is 6.54 Å². The Labute approximate surface area is 158 Å². The number of nitriles is 1. The van der Waals surface area contributed by atoms with E-state index in [-0.39, 0.29) is 5.91 Å². The fourth-order valence-corrected chi connectivity index (χ4v) is 2.95. The number of aromatic nitrogens is 2. The van der Waals surface area contributed by atoms with Crippen molar-refractivity contribution in [1.29, 1.82) is 5.26 Å². The molecule has 1 heterocycles.